The van der Waals surface area contributed by atoms with Crippen LogP contribution in [0.5, 0.6) is 0 Å². The maximum absolute atomic E-state index is 12.5. The molecule has 0 radical (unpaired) electrons. The van der Waals surface area contributed by atoms with Gasteiger partial charge in [0.2, 0.25) is 11.7 Å². The summed E-state index contributed by atoms with van der Waals surface area (Å²) in [4.78, 5) is 23.3. The first-order chi connectivity index (χ1) is 10.1. The van der Waals surface area contributed by atoms with Gasteiger partial charge in [-0.15, -0.1) is 0 Å². The van der Waals surface area contributed by atoms with Crippen molar-refractivity contribution in [1.29, 1.82) is 0 Å². The van der Waals surface area contributed by atoms with Crippen molar-refractivity contribution in [3.8, 4) is 0 Å². The van der Waals surface area contributed by atoms with Crippen LogP contribution in [0.1, 0.15) is 48.9 Å². The topological polar surface area (TPSA) is 91.6 Å². The van der Waals surface area contributed by atoms with Gasteiger partial charge in [0.1, 0.15) is 5.76 Å². The number of carboxylic acid groups (broad SMARTS) is 1. The summed E-state index contributed by atoms with van der Waals surface area (Å²) in [6.07, 6.45) is 3.52. The quantitative estimate of drug-likeness (QED) is 0.743. The Kier molecular flexibility index (Phi) is 5.01. The molecule has 1 aromatic rings. The van der Waals surface area contributed by atoms with Crippen molar-refractivity contribution in [3.05, 3.63) is 23.7 Å². The van der Waals surface area contributed by atoms with Gasteiger partial charge in [0.05, 0.1) is 12.0 Å². The van der Waals surface area contributed by atoms with Crippen molar-refractivity contribution in [2.75, 3.05) is 13.1 Å². The van der Waals surface area contributed by atoms with Gasteiger partial charge in [-0.3, -0.25) is 4.79 Å². The summed E-state index contributed by atoms with van der Waals surface area (Å²) in [5, 5.41) is 15.0. The molecule has 2 heterocycles. The highest BCUT2D eigenvalue weighted by Gasteiger charge is 2.38. The van der Waals surface area contributed by atoms with Crippen LogP contribution in [0.4, 0.5) is 0 Å². The Morgan fingerprint density at radius 2 is 2.10 bits per heavy atom. The number of nitrogens with one attached hydrogen (secondary N) is 2. The fourth-order valence-corrected chi connectivity index (χ4v) is 2.92. The van der Waals surface area contributed by atoms with E-state index in [1.807, 2.05) is 0 Å². The van der Waals surface area contributed by atoms with Crippen molar-refractivity contribution in [1.82, 2.24) is 10.6 Å². The molecule has 1 saturated heterocycles. The lowest BCUT2D eigenvalue weighted by Crippen LogP contribution is -2.47. The van der Waals surface area contributed by atoms with Gasteiger partial charge in [0.25, 0.3) is 0 Å². The highest BCUT2D eigenvalue weighted by molar-refractivity contribution is 5.84. The van der Waals surface area contributed by atoms with E-state index in [-0.39, 0.29) is 23.6 Å². The van der Waals surface area contributed by atoms with Crippen LogP contribution in [0.25, 0.3) is 0 Å². The van der Waals surface area contributed by atoms with Gasteiger partial charge in [-0.25, -0.2) is 4.79 Å². The third-order valence-corrected chi connectivity index (χ3v) is 4.07. The van der Waals surface area contributed by atoms with E-state index in [4.69, 9.17) is 9.52 Å². The first-order valence-corrected chi connectivity index (χ1v) is 7.38. The first kappa shape index (κ1) is 15.6. The lowest BCUT2D eigenvalue weighted by atomic mass is 9.74. The molecule has 116 valence electrons. The summed E-state index contributed by atoms with van der Waals surface area (Å²) in [6.45, 7) is 4.03. The Labute approximate surface area is 123 Å². The van der Waals surface area contributed by atoms with Gasteiger partial charge < -0.3 is 20.2 Å². The number of hydrogen-bond acceptors (Lipinski definition) is 4. The molecule has 6 heteroatoms. The molecule has 1 amide bonds. The summed E-state index contributed by atoms with van der Waals surface area (Å²) in [6, 6.07) is 2.98. The standard InChI is InChI=1S/C15H22N2O4/c1-2-5-15(6-8-16-9-7-15)14(20)17-10-11-3-4-12(21-11)13(18)19/h3-4,16H,2,5-10H2,1H3,(H,17,20)(H,18,19). The predicted octanol–water partition coefficient (Wildman–Crippen LogP) is 1.76. The van der Waals surface area contributed by atoms with Crippen LogP contribution in [-0.2, 0) is 11.3 Å². The number of carboxylic acids is 1. The Hall–Kier alpha value is -1.82. The molecule has 1 aliphatic heterocycles. The molecular weight excluding hydrogens is 272 g/mol. The second kappa shape index (κ2) is 6.76. The van der Waals surface area contributed by atoms with E-state index < -0.39 is 5.97 Å². The Bertz CT molecular complexity index is 498. The number of rotatable bonds is 6. The van der Waals surface area contributed by atoms with Crippen molar-refractivity contribution < 1.29 is 19.1 Å². The van der Waals surface area contributed by atoms with E-state index in [9.17, 15) is 9.59 Å². The van der Waals surface area contributed by atoms with Crippen LogP contribution >= 0.6 is 0 Å². The fraction of sp³-hybridized carbons (Fsp3) is 0.600. The van der Waals surface area contributed by atoms with Crippen molar-refractivity contribution in [3.63, 3.8) is 0 Å². The number of carbonyl (C=O) groups is 2. The molecule has 0 aliphatic carbocycles. The Morgan fingerprint density at radius 1 is 1.38 bits per heavy atom. The second-order valence-corrected chi connectivity index (χ2v) is 5.53. The largest absolute Gasteiger partial charge is 0.475 e. The molecule has 1 aliphatic rings. The number of piperidine rings is 1. The minimum absolute atomic E-state index is 0.0409. The number of furan rings is 1. The third kappa shape index (κ3) is 3.64. The zero-order valence-corrected chi connectivity index (χ0v) is 12.3. The molecular formula is C15H22N2O4. The van der Waals surface area contributed by atoms with Crippen LogP contribution < -0.4 is 10.6 Å². The molecule has 0 saturated carbocycles. The van der Waals surface area contributed by atoms with Crippen LogP contribution in [0, 0.1) is 5.41 Å². The molecule has 0 aromatic carbocycles. The van der Waals surface area contributed by atoms with Crippen molar-refractivity contribution in [2.24, 2.45) is 5.41 Å². The molecule has 3 N–H and O–H groups in total. The van der Waals surface area contributed by atoms with E-state index in [1.54, 1.807) is 6.07 Å². The molecule has 21 heavy (non-hydrogen) atoms. The van der Waals surface area contributed by atoms with Gasteiger partial charge in [0.15, 0.2) is 0 Å². The minimum Gasteiger partial charge on any atom is -0.475 e. The molecule has 2 rings (SSSR count). The van der Waals surface area contributed by atoms with E-state index in [1.165, 1.54) is 6.07 Å². The lowest BCUT2D eigenvalue weighted by molar-refractivity contribution is -0.133. The molecule has 1 aromatic heterocycles. The minimum atomic E-state index is -1.10. The number of hydrogen-bond donors (Lipinski definition) is 3. The fourth-order valence-electron chi connectivity index (χ4n) is 2.92. The summed E-state index contributed by atoms with van der Waals surface area (Å²) in [7, 11) is 0. The molecule has 6 nitrogen and oxygen atoms in total. The maximum atomic E-state index is 12.5. The first-order valence-electron chi connectivity index (χ1n) is 7.38. The second-order valence-electron chi connectivity index (χ2n) is 5.53. The van der Waals surface area contributed by atoms with Crippen LogP contribution in [-0.4, -0.2) is 30.1 Å². The summed E-state index contributed by atoms with van der Waals surface area (Å²) in [5.41, 5.74) is -0.303. The highest BCUT2D eigenvalue weighted by atomic mass is 16.4. The van der Waals surface area contributed by atoms with Crippen LogP contribution in [0.15, 0.2) is 16.5 Å². The zero-order chi connectivity index (χ0) is 15.3. The molecule has 0 bridgehead atoms. The van der Waals surface area contributed by atoms with E-state index in [0.717, 1.165) is 38.8 Å². The molecule has 0 spiro atoms. The highest BCUT2D eigenvalue weighted by Crippen LogP contribution is 2.34. The van der Waals surface area contributed by atoms with Gasteiger partial charge in [-0.05, 0) is 44.5 Å². The van der Waals surface area contributed by atoms with Gasteiger partial charge in [-0.2, -0.15) is 0 Å². The summed E-state index contributed by atoms with van der Waals surface area (Å²) < 4.78 is 5.15. The summed E-state index contributed by atoms with van der Waals surface area (Å²) in [5.74, 6) is -0.710. The summed E-state index contributed by atoms with van der Waals surface area (Å²) >= 11 is 0. The molecule has 0 unspecified atom stereocenters. The van der Waals surface area contributed by atoms with Gasteiger partial charge in [-0.1, -0.05) is 13.3 Å². The monoisotopic (exact) mass is 294 g/mol. The van der Waals surface area contributed by atoms with Gasteiger partial charge in [0, 0.05) is 0 Å². The number of carbonyl (C=O) groups excluding carboxylic acids is 1. The third-order valence-electron chi connectivity index (χ3n) is 4.07. The molecule has 0 atom stereocenters. The normalized spacial score (nSPS) is 17.4. The van der Waals surface area contributed by atoms with Gasteiger partial charge >= 0.3 is 5.97 Å². The number of amides is 1. The lowest BCUT2D eigenvalue weighted by Gasteiger charge is -2.36. The SMILES string of the molecule is CCCC1(C(=O)NCc2ccc(C(=O)O)o2)CCNCC1. The van der Waals surface area contributed by atoms with Crippen molar-refractivity contribution >= 4 is 11.9 Å². The van der Waals surface area contributed by atoms with Crippen molar-refractivity contribution in [2.45, 2.75) is 39.2 Å². The zero-order valence-electron chi connectivity index (χ0n) is 12.3. The molecule has 1 fully saturated rings. The van der Waals surface area contributed by atoms with Crippen LogP contribution in [0.2, 0.25) is 0 Å². The van der Waals surface area contributed by atoms with E-state index in [0.29, 0.717) is 5.76 Å². The Balaban J connectivity index is 1.96. The maximum Gasteiger partial charge on any atom is 0.371 e. The van der Waals surface area contributed by atoms with E-state index in [2.05, 4.69) is 17.6 Å². The van der Waals surface area contributed by atoms with E-state index >= 15 is 0 Å². The average molecular weight is 294 g/mol. The predicted molar refractivity (Wildman–Crippen MR) is 77.0 cm³/mol. The number of aromatic carboxylic acids is 1. The average Bonchev–Trinajstić information content (AvgIpc) is 2.95. The Morgan fingerprint density at radius 3 is 2.67 bits per heavy atom. The smallest absolute Gasteiger partial charge is 0.371 e. The van der Waals surface area contributed by atoms with Crippen LogP contribution in [0.3, 0.4) is 0 Å².